The van der Waals surface area contributed by atoms with E-state index in [0.29, 0.717) is 13.0 Å². The summed E-state index contributed by atoms with van der Waals surface area (Å²) in [4.78, 5) is 10.3. The van der Waals surface area contributed by atoms with Gasteiger partial charge in [0, 0.05) is 62.0 Å². The first kappa shape index (κ1) is 17.5. The van der Waals surface area contributed by atoms with E-state index in [1.54, 1.807) is 17.4 Å². The molecule has 1 atom stereocenters. The number of halogens is 1. The van der Waals surface area contributed by atoms with Gasteiger partial charge in [-0.25, -0.2) is 9.37 Å². The predicted octanol–water partition coefficient (Wildman–Crippen LogP) is 2.66. The molecule has 0 aliphatic carbocycles. The maximum Gasteiger partial charge on any atom is 0.127 e. The van der Waals surface area contributed by atoms with Gasteiger partial charge >= 0.3 is 0 Å². The molecule has 1 aromatic heterocycles. The van der Waals surface area contributed by atoms with Gasteiger partial charge in [0.2, 0.25) is 0 Å². The number of aromatic nitrogens is 1. The number of nitrogens with zero attached hydrogens (tertiary/aromatic N) is 3. The van der Waals surface area contributed by atoms with Crippen molar-refractivity contribution >= 4 is 11.3 Å². The molecule has 2 heterocycles. The van der Waals surface area contributed by atoms with E-state index >= 15 is 0 Å². The first-order valence-electron chi connectivity index (χ1n) is 8.37. The second-order valence-electron chi connectivity index (χ2n) is 6.31. The van der Waals surface area contributed by atoms with Gasteiger partial charge in [-0.05, 0) is 19.4 Å². The normalized spacial score (nSPS) is 19.7. The first-order chi connectivity index (χ1) is 11.7. The summed E-state index contributed by atoms with van der Waals surface area (Å²) in [5.41, 5.74) is 0.729. The van der Waals surface area contributed by atoms with Crippen molar-refractivity contribution in [1.29, 1.82) is 0 Å². The predicted molar refractivity (Wildman–Crippen MR) is 94.4 cm³/mol. The van der Waals surface area contributed by atoms with Gasteiger partial charge in [-0.15, -0.1) is 11.3 Å². The molecule has 4 nitrogen and oxygen atoms in total. The fraction of sp³-hybridized carbons (Fsp3) is 0.500. The van der Waals surface area contributed by atoms with Gasteiger partial charge in [-0.1, -0.05) is 18.2 Å². The molecule has 1 aromatic carbocycles. The van der Waals surface area contributed by atoms with E-state index in [4.69, 9.17) is 0 Å². The molecule has 0 bridgehead atoms. The second kappa shape index (κ2) is 8.16. The summed E-state index contributed by atoms with van der Waals surface area (Å²) in [5.74, 6) is -0.150. The summed E-state index contributed by atoms with van der Waals surface area (Å²) in [6.07, 6.45) is 2.67. The monoisotopic (exact) mass is 349 g/mol. The Morgan fingerprint density at radius 3 is 2.83 bits per heavy atom. The molecular weight excluding hydrogens is 325 g/mol. The average molecular weight is 349 g/mol. The minimum atomic E-state index is -0.150. The van der Waals surface area contributed by atoms with Crippen LogP contribution < -0.4 is 0 Å². The molecule has 6 heteroatoms. The van der Waals surface area contributed by atoms with Crippen molar-refractivity contribution in [3.63, 3.8) is 0 Å². The number of aliphatic hydroxyl groups is 1. The number of rotatable bonds is 6. The zero-order valence-corrected chi connectivity index (χ0v) is 14.8. The summed E-state index contributed by atoms with van der Waals surface area (Å²) >= 11 is 1.74. The highest BCUT2D eigenvalue weighted by atomic mass is 32.1. The molecule has 130 valence electrons. The summed E-state index contributed by atoms with van der Waals surface area (Å²) < 4.78 is 13.9. The van der Waals surface area contributed by atoms with Crippen molar-refractivity contribution in [3.8, 4) is 0 Å². The lowest BCUT2D eigenvalue weighted by atomic mass is 10.1. The maximum absolute atomic E-state index is 13.9. The van der Waals surface area contributed by atoms with Crippen LogP contribution >= 0.6 is 11.3 Å². The molecule has 1 aliphatic rings. The Labute approximate surface area is 146 Å². The van der Waals surface area contributed by atoms with Crippen molar-refractivity contribution in [2.24, 2.45) is 0 Å². The van der Waals surface area contributed by atoms with Gasteiger partial charge in [0.15, 0.2) is 0 Å². The van der Waals surface area contributed by atoms with E-state index in [2.05, 4.69) is 14.8 Å². The summed E-state index contributed by atoms with van der Waals surface area (Å²) in [5, 5.41) is 10.5. The molecule has 2 aromatic rings. The van der Waals surface area contributed by atoms with Crippen molar-refractivity contribution in [1.82, 2.24) is 14.8 Å². The van der Waals surface area contributed by atoms with Gasteiger partial charge in [0.1, 0.15) is 5.82 Å². The summed E-state index contributed by atoms with van der Waals surface area (Å²) in [7, 11) is 0. The zero-order valence-electron chi connectivity index (χ0n) is 14.0. The Morgan fingerprint density at radius 1 is 1.29 bits per heavy atom. The fourth-order valence-electron chi connectivity index (χ4n) is 3.28. The van der Waals surface area contributed by atoms with Crippen LogP contribution in [0, 0.1) is 12.7 Å². The minimum absolute atomic E-state index is 0.150. The Morgan fingerprint density at radius 2 is 2.12 bits per heavy atom. The minimum Gasteiger partial charge on any atom is -0.396 e. The number of benzene rings is 1. The van der Waals surface area contributed by atoms with Gasteiger partial charge in [-0.2, -0.15) is 0 Å². The lowest BCUT2D eigenvalue weighted by Gasteiger charge is -2.41. The Balaban J connectivity index is 1.63. The highest BCUT2D eigenvalue weighted by Crippen LogP contribution is 2.21. The molecule has 1 saturated heterocycles. The fourth-order valence-corrected chi connectivity index (χ4v) is 4.11. The number of hydrogen-bond acceptors (Lipinski definition) is 5. The highest BCUT2D eigenvalue weighted by molar-refractivity contribution is 7.11. The summed E-state index contributed by atoms with van der Waals surface area (Å²) in [6, 6.07) is 7.20. The van der Waals surface area contributed by atoms with Crippen molar-refractivity contribution in [3.05, 3.63) is 51.7 Å². The molecule has 0 amide bonds. The van der Waals surface area contributed by atoms with Crippen molar-refractivity contribution in [2.45, 2.75) is 32.5 Å². The van der Waals surface area contributed by atoms with Crippen LogP contribution in [0.15, 0.2) is 30.5 Å². The van der Waals surface area contributed by atoms with Gasteiger partial charge in [-0.3, -0.25) is 9.80 Å². The number of aliphatic hydroxyl groups excluding tert-OH is 1. The average Bonchev–Trinajstić information content (AvgIpc) is 2.97. The standard InChI is InChI=1S/C18H24FN3OS/c1-14-20-10-17(24-14)13-21-7-8-22(16(12-21)6-9-23)11-15-4-2-3-5-18(15)19/h2-5,10,16,23H,6-9,11-13H2,1H3/t16-/m1/s1. The third-order valence-electron chi connectivity index (χ3n) is 4.53. The molecule has 1 aliphatic heterocycles. The quantitative estimate of drug-likeness (QED) is 0.870. The Hall–Kier alpha value is -1.34. The van der Waals surface area contributed by atoms with E-state index in [0.717, 1.165) is 36.8 Å². The van der Waals surface area contributed by atoms with E-state index < -0.39 is 0 Å². The third kappa shape index (κ3) is 4.39. The second-order valence-corrected chi connectivity index (χ2v) is 7.63. The van der Waals surface area contributed by atoms with Crippen LogP contribution in [0.5, 0.6) is 0 Å². The van der Waals surface area contributed by atoms with Crippen LogP contribution in [0.25, 0.3) is 0 Å². The zero-order chi connectivity index (χ0) is 16.9. The van der Waals surface area contributed by atoms with Gasteiger partial charge in [0.25, 0.3) is 0 Å². The molecule has 0 saturated carbocycles. The van der Waals surface area contributed by atoms with Crippen LogP contribution in [-0.2, 0) is 13.1 Å². The number of thiazole rings is 1. The molecule has 0 spiro atoms. The van der Waals surface area contributed by atoms with Crippen molar-refractivity contribution in [2.75, 3.05) is 26.2 Å². The van der Waals surface area contributed by atoms with E-state index in [-0.39, 0.29) is 18.5 Å². The first-order valence-corrected chi connectivity index (χ1v) is 9.19. The molecule has 3 rings (SSSR count). The molecule has 1 N–H and O–H groups in total. The van der Waals surface area contributed by atoms with E-state index in [9.17, 15) is 9.50 Å². The molecule has 24 heavy (non-hydrogen) atoms. The number of aryl methyl sites for hydroxylation is 1. The Kier molecular flexibility index (Phi) is 5.94. The highest BCUT2D eigenvalue weighted by Gasteiger charge is 2.27. The lowest BCUT2D eigenvalue weighted by molar-refractivity contribution is 0.0497. The molecular formula is C18H24FN3OS. The smallest absolute Gasteiger partial charge is 0.127 e. The van der Waals surface area contributed by atoms with E-state index in [1.165, 1.54) is 10.9 Å². The number of piperazine rings is 1. The van der Waals surface area contributed by atoms with Gasteiger partial charge in [0.05, 0.1) is 5.01 Å². The third-order valence-corrected chi connectivity index (χ3v) is 5.43. The van der Waals surface area contributed by atoms with Crippen LogP contribution in [0.3, 0.4) is 0 Å². The Bertz CT molecular complexity index is 663. The van der Waals surface area contributed by atoms with E-state index in [1.807, 2.05) is 25.3 Å². The van der Waals surface area contributed by atoms with Crippen LogP contribution in [-0.4, -0.2) is 52.2 Å². The van der Waals surface area contributed by atoms with Crippen molar-refractivity contribution < 1.29 is 9.50 Å². The molecule has 1 fully saturated rings. The van der Waals surface area contributed by atoms with Crippen LogP contribution in [0.4, 0.5) is 4.39 Å². The maximum atomic E-state index is 13.9. The topological polar surface area (TPSA) is 39.6 Å². The number of hydrogen-bond donors (Lipinski definition) is 1. The van der Waals surface area contributed by atoms with Crippen LogP contribution in [0.1, 0.15) is 21.9 Å². The molecule has 0 radical (unpaired) electrons. The van der Waals surface area contributed by atoms with Crippen LogP contribution in [0.2, 0.25) is 0 Å². The SMILES string of the molecule is Cc1ncc(CN2CCN(Cc3ccccc3F)[C@H](CCO)C2)s1. The summed E-state index contributed by atoms with van der Waals surface area (Å²) in [6.45, 7) is 6.42. The van der Waals surface area contributed by atoms with Gasteiger partial charge < -0.3 is 5.11 Å². The largest absolute Gasteiger partial charge is 0.396 e. The molecule has 0 unspecified atom stereocenters. The lowest BCUT2D eigenvalue weighted by Crippen LogP contribution is -2.52.